The van der Waals surface area contributed by atoms with E-state index in [1.807, 2.05) is 48.6 Å². The van der Waals surface area contributed by atoms with Crippen molar-refractivity contribution in [2.75, 3.05) is 6.54 Å². The highest BCUT2D eigenvalue weighted by Crippen LogP contribution is 2.16. The van der Waals surface area contributed by atoms with Gasteiger partial charge in [-0.15, -0.1) is 0 Å². The normalized spacial score (nSPS) is 17.3. The minimum absolute atomic E-state index is 0.0189. The fraction of sp³-hybridized carbons (Fsp3) is 0.200. The number of H-pyrrole nitrogens is 1. The number of nitrogens with zero attached hydrogens (tertiary/aromatic N) is 1. The van der Waals surface area contributed by atoms with E-state index in [1.165, 1.54) is 0 Å². The Morgan fingerprint density at radius 3 is 2.95 bits per heavy atom. The van der Waals surface area contributed by atoms with Crippen molar-refractivity contribution in [2.24, 2.45) is 0 Å². The van der Waals surface area contributed by atoms with Gasteiger partial charge in [-0.1, -0.05) is 42.5 Å². The lowest BCUT2D eigenvalue weighted by Crippen LogP contribution is -2.40. The van der Waals surface area contributed by atoms with Crippen LogP contribution in [0.1, 0.15) is 5.69 Å². The van der Waals surface area contributed by atoms with E-state index < -0.39 is 0 Å². The van der Waals surface area contributed by atoms with E-state index in [1.54, 1.807) is 0 Å². The third-order valence-corrected chi connectivity index (χ3v) is 3.22. The second kappa shape index (κ2) is 5.71. The lowest BCUT2D eigenvalue weighted by atomic mass is 10.1. The third-order valence-electron chi connectivity index (χ3n) is 3.22. The molecule has 0 bridgehead atoms. The van der Waals surface area contributed by atoms with Crippen LogP contribution >= 0.6 is 0 Å². The molecule has 0 radical (unpaired) electrons. The van der Waals surface area contributed by atoms with Gasteiger partial charge in [0, 0.05) is 12.1 Å². The molecule has 0 aliphatic carbocycles. The molecule has 1 atom stereocenters. The average molecular weight is 268 g/mol. The lowest BCUT2D eigenvalue weighted by molar-refractivity contribution is -0.122. The molecule has 0 spiro atoms. The molecule has 2 heterocycles. The van der Waals surface area contributed by atoms with E-state index in [0.717, 1.165) is 23.5 Å². The Hall–Kier alpha value is -2.40. The van der Waals surface area contributed by atoms with Crippen LogP contribution in [0.3, 0.4) is 0 Å². The summed E-state index contributed by atoms with van der Waals surface area (Å²) in [6.07, 6.45) is 3.83. The number of amides is 1. The smallest absolute Gasteiger partial charge is 0.241 e. The molecule has 5 nitrogen and oxygen atoms in total. The fourth-order valence-corrected chi connectivity index (χ4v) is 2.15. The number of carbonyl (C=O) groups excluding carboxylic acids is 1. The Morgan fingerprint density at radius 1 is 1.35 bits per heavy atom. The number of hydrogen-bond acceptors (Lipinski definition) is 3. The molecule has 2 aromatic rings. The summed E-state index contributed by atoms with van der Waals surface area (Å²) in [4.78, 5) is 11.8. The fourth-order valence-electron chi connectivity index (χ4n) is 2.15. The van der Waals surface area contributed by atoms with E-state index in [2.05, 4.69) is 20.8 Å². The van der Waals surface area contributed by atoms with Crippen molar-refractivity contribution in [1.82, 2.24) is 20.8 Å². The highest BCUT2D eigenvalue weighted by atomic mass is 16.2. The van der Waals surface area contributed by atoms with Crippen molar-refractivity contribution in [3.05, 3.63) is 54.2 Å². The first-order chi connectivity index (χ1) is 9.83. The Labute approximate surface area is 117 Å². The molecule has 1 aromatic heterocycles. The van der Waals surface area contributed by atoms with Crippen molar-refractivity contribution < 1.29 is 4.79 Å². The topological polar surface area (TPSA) is 69.8 Å². The molecule has 0 saturated carbocycles. The Morgan fingerprint density at radius 2 is 2.20 bits per heavy atom. The summed E-state index contributed by atoms with van der Waals surface area (Å²) in [6.45, 7) is 1.20. The minimum Gasteiger partial charge on any atom is -0.349 e. The molecular weight excluding hydrogens is 252 g/mol. The molecule has 20 heavy (non-hydrogen) atoms. The number of aromatic amines is 1. The maximum absolute atomic E-state index is 11.8. The van der Waals surface area contributed by atoms with Gasteiger partial charge in [0.15, 0.2) is 0 Å². The van der Waals surface area contributed by atoms with Gasteiger partial charge in [0.1, 0.15) is 6.04 Å². The van der Waals surface area contributed by atoms with Crippen molar-refractivity contribution in [1.29, 1.82) is 0 Å². The number of rotatable bonds is 4. The van der Waals surface area contributed by atoms with E-state index in [-0.39, 0.29) is 11.9 Å². The highest BCUT2D eigenvalue weighted by molar-refractivity contribution is 5.84. The van der Waals surface area contributed by atoms with Gasteiger partial charge in [0.05, 0.1) is 17.9 Å². The molecule has 5 heteroatoms. The molecule has 1 aliphatic rings. The number of aromatic nitrogens is 2. The predicted molar refractivity (Wildman–Crippen MR) is 76.8 cm³/mol. The average Bonchev–Trinajstić information content (AvgIpc) is 3.17. The quantitative estimate of drug-likeness (QED) is 0.730. The first-order valence-electron chi connectivity index (χ1n) is 6.60. The summed E-state index contributed by atoms with van der Waals surface area (Å²) in [5.74, 6) is -0.0189. The molecular formula is C15H16N4O. The van der Waals surface area contributed by atoms with Crippen LogP contribution in [-0.4, -0.2) is 28.7 Å². The van der Waals surface area contributed by atoms with Gasteiger partial charge in [-0.25, -0.2) is 0 Å². The van der Waals surface area contributed by atoms with Crippen LogP contribution in [-0.2, 0) is 11.3 Å². The first kappa shape index (κ1) is 12.6. The van der Waals surface area contributed by atoms with Gasteiger partial charge < -0.3 is 5.32 Å². The summed E-state index contributed by atoms with van der Waals surface area (Å²) in [5, 5.41) is 13.2. The first-order valence-corrected chi connectivity index (χ1v) is 6.60. The molecule has 1 aliphatic heterocycles. The number of carbonyl (C=O) groups is 1. The van der Waals surface area contributed by atoms with Gasteiger partial charge >= 0.3 is 0 Å². The van der Waals surface area contributed by atoms with Crippen LogP contribution in [0.5, 0.6) is 0 Å². The van der Waals surface area contributed by atoms with E-state index in [9.17, 15) is 4.79 Å². The number of nitrogens with one attached hydrogen (secondary N) is 3. The zero-order valence-electron chi connectivity index (χ0n) is 11.0. The lowest BCUT2D eigenvalue weighted by Gasteiger charge is -2.08. The summed E-state index contributed by atoms with van der Waals surface area (Å²) >= 11 is 0. The zero-order valence-corrected chi connectivity index (χ0v) is 11.0. The minimum atomic E-state index is -0.216. The summed E-state index contributed by atoms with van der Waals surface area (Å²) in [6, 6.07) is 11.7. The molecule has 3 rings (SSSR count). The number of benzene rings is 1. The predicted octanol–water partition coefficient (Wildman–Crippen LogP) is 1.22. The molecule has 102 valence electrons. The SMILES string of the molecule is O=C(NCc1cc(-c2ccccc2)n[nH]1)C1C=CCN1. The Bertz CT molecular complexity index is 618. The highest BCUT2D eigenvalue weighted by Gasteiger charge is 2.17. The molecule has 0 fully saturated rings. The van der Waals surface area contributed by atoms with E-state index >= 15 is 0 Å². The standard InChI is InChI=1S/C15H16N4O/c20-15(13-7-4-8-16-13)17-10-12-9-14(19-18-12)11-5-2-1-3-6-11/h1-7,9,13,16H,8,10H2,(H,17,20)(H,18,19). The van der Waals surface area contributed by atoms with Crippen molar-refractivity contribution in [2.45, 2.75) is 12.6 Å². The Kier molecular flexibility index (Phi) is 3.60. The van der Waals surface area contributed by atoms with Crippen molar-refractivity contribution >= 4 is 5.91 Å². The van der Waals surface area contributed by atoms with Crippen LogP contribution in [0.25, 0.3) is 11.3 Å². The largest absolute Gasteiger partial charge is 0.349 e. The second-order valence-electron chi connectivity index (χ2n) is 4.68. The van der Waals surface area contributed by atoms with Gasteiger partial charge in [0.25, 0.3) is 0 Å². The van der Waals surface area contributed by atoms with Gasteiger partial charge in [-0.05, 0) is 6.07 Å². The van der Waals surface area contributed by atoms with Crippen molar-refractivity contribution in [3.63, 3.8) is 0 Å². The maximum Gasteiger partial charge on any atom is 0.241 e. The van der Waals surface area contributed by atoms with Crippen LogP contribution < -0.4 is 10.6 Å². The molecule has 0 saturated heterocycles. The summed E-state index contributed by atoms with van der Waals surface area (Å²) < 4.78 is 0. The van der Waals surface area contributed by atoms with Gasteiger partial charge in [-0.3, -0.25) is 15.2 Å². The van der Waals surface area contributed by atoms with Crippen LogP contribution in [0.2, 0.25) is 0 Å². The zero-order chi connectivity index (χ0) is 13.8. The Balaban J connectivity index is 1.60. The monoisotopic (exact) mass is 268 g/mol. The second-order valence-corrected chi connectivity index (χ2v) is 4.68. The van der Waals surface area contributed by atoms with Crippen LogP contribution in [0, 0.1) is 0 Å². The molecule has 1 aromatic carbocycles. The van der Waals surface area contributed by atoms with E-state index in [0.29, 0.717) is 6.54 Å². The number of hydrogen-bond donors (Lipinski definition) is 3. The molecule has 1 amide bonds. The third kappa shape index (κ3) is 2.78. The summed E-state index contributed by atoms with van der Waals surface area (Å²) in [5.41, 5.74) is 2.83. The molecule has 3 N–H and O–H groups in total. The van der Waals surface area contributed by atoms with Crippen LogP contribution in [0.15, 0.2) is 48.6 Å². The van der Waals surface area contributed by atoms with Gasteiger partial charge in [-0.2, -0.15) is 5.10 Å². The van der Waals surface area contributed by atoms with Crippen molar-refractivity contribution in [3.8, 4) is 11.3 Å². The summed E-state index contributed by atoms with van der Waals surface area (Å²) in [7, 11) is 0. The van der Waals surface area contributed by atoms with Gasteiger partial charge in [0.2, 0.25) is 5.91 Å². The van der Waals surface area contributed by atoms with Crippen LogP contribution in [0.4, 0.5) is 0 Å². The maximum atomic E-state index is 11.8. The molecule has 1 unspecified atom stereocenters. The van der Waals surface area contributed by atoms with E-state index in [4.69, 9.17) is 0 Å².